The summed E-state index contributed by atoms with van der Waals surface area (Å²) in [6, 6.07) is 9.40. The molecule has 0 unspecified atom stereocenters. The minimum Gasteiger partial charge on any atom is -0.497 e. The molecule has 250 valence electrons. The van der Waals surface area contributed by atoms with E-state index in [4.69, 9.17) is 38.0 Å². The van der Waals surface area contributed by atoms with Gasteiger partial charge in [-0.1, -0.05) is 0 Å². The minimum absolute atomic E-state index is 0.0170. The molecule has 12 nitrogen and oxygen atoms in total. The number of aromatic amines is 1. The number of benzene rings is 2. The lowest BCUT2D eigenvalue weighted by molar-refractivity contribution is -0.176. The molecule has 3 aromatic rings. The summed E-state index contributed by atoms with van der Waals surface area (Å²) in [5.41, 5.74) is 3.83. The Balaban J connectivity index is 0.00000204. The molecule has 0 radical (unpaired) electrons. The van der Waals surface area contributed by atoms with E-state index in [2.05, 4.69) is 16.0 Å². The third kappa shape index (κ3) is 5.92. The molecule has 2 N–H and O–H groups in total. The first-order valence-corrected chi connectivity index (χ1v) is 16.2. The highest BCUT2D eigenvalue weighted by molar-refractivity contribution is 5.95. The summed E-state index contributed by atoms with van der Waals surface area (Å²) in [5, 5.41) is 1.21. The van der Waals surface area contributed by atoms with Crippen LogP contribution >= 0.6 is 0 Å². The SMILES string of the molecule is COC(=O)[C@H]1[C@H]2C[C@@H]3c4[nH]c5cc(OC)ccc5c4CCN3C[C@H]2C[C@@H](OC(=O)c2cc(OC)c(OC)c(OC)c2)[C@@H]1OC.O[SiH3]. The molecule has 2 aliphatic heterocycles. The smallest absolute Gasteiger partial charge is 0.338 e. The van der Waals surface area contributed by atoms with E-state index < -0.39 is 24.1 Å². The predicted octanol–water partition coefficient (Wildman–Crippen LogP) is 2.43. The van der Waals surface area contributed by atoms with Gasteiger partial charge in [-0.3, -0.25) is 9.69 Å². The first-order chi connectivity index (χ1) is 22.3. The van der Waals surface area contributed by atoms with Crippen LogP contribution in [0.3, 0.4) is 0 Å². The molecule has 0 bridgehead atoms. The summed E-state index contributed by atoms with van der Waals surface area (Å²) in [6.07, 6.45) is 0.920. The van der Waals surface area contributed by atoms with Gasteiger partial charge in [0.2, 0.25) is 5.75 Å². The van der Waals surface area contributed by atoms with Gasteiger partial charge in [-0.15, -0.1) is 0 Å². The van der Waals surface area contributed by atoms with Crippen molar-refractivity contribution in [3.63, 3.8) is 0 Å². The second kappa shape index (κ2) is 14.3. The fourth-order valence-electron chi connectivity index (χ4n) is 7.76. The Bertz CT molecular complexity index is 1540. The van der Waals surface area contributed by atoms with Crippen molar-refractivity contribution in [1.29, 1.82) is 0 Å². The number of nitrogens with zero attached hydrogens (tertiary/aromatic N) is 1. The number of H-pyrrole nitrogens is 1. The van der Waals surface area contributed by atoms with Gasteiger partial charge in [-0.05, 0) is 60.9 Å². The molecule has 1 saturated heterocycles. The van der Waals surface area contributed by atoms with Crippen molar-refractivity contribution in [2.45, 2.75) is 37.5 Å². The number of rotatable bonds is 8. The van der Waals surface area contributed by atoms with Crippen LogP contribution in [0.2, 0.25) is 0 Å². The van der Waals surface area contributed by atoms with E-state index in [1.165, 1.54) is 45.1 Å². The van der Waals surface area contributed by atoms with Gasteiger partial charge in [0.05, 0.1) is 53.1 Å². The topological polar surface area (TPSA) is 138 Å². The number of methoxy groups -OCH3 is 6. The Morgan fingerprint density at radius 3 is 2.26 bits per heavy atom. The maximum absolute atomic E-state index is 13.5. The third-order valence-electron chi connectivity index (χ3n) is 9.76. The Labute approximate surface area is 271 Å². The van der Waals surface area contributed by atoms with Gasteiger partial charge in [0.25, 0.3) is 0 Å². The standard InChI is InChI=1S/C33H40N2O9.H4OSi/c1-38-19-7-8-20-21-9-10-35-16-18-13-27(44-32(36)17-11-25(39-2)30(41-4)26(12-17)40-3)31(42-5)28(33(37)43-6)22(18)15-24(35)29(21)34-23(20)14-19;1-2/h7-8,11-12,14,18,22,24,27-28,31,34H,9-10,13,15-16H2,1-6H3;1H,2H3/t18-,22+,24-,27-,28+,31+;/m1./s1. The summed E-state index contributed by atoms with van der Waals surface area (Å²) >= 11 is 0. The minimum atomic E-state index is -0.670. The van der Waals surface area contributed by atoms with Crippen molar-refractivity contribution in [1.82, 2.24) is 9.88 Å². The second-order valence-electron chi connectivity index (χ2n) is 11.7. The molecular weight excluding hydrogens is 612 g/mol. The summed E-state index contributed by atoms with van der Waals surface area (Å²) in [7, 11) is 9.41. The van der Waals surface area contributed by atoms with Gasteiger partial charge in [0, 0.05) is 42.9 Å². The number of carbonyl (C=O) groups excluding carboxylic acids is 2. The molecule has 6 rings (SSSR count). The highest BCUT2D eigenvalue weighted by Gasteiger charge is 2.54. The van der Waals surface area contributed by atoms with Crippen LogP contribution < -0.4 is 18.9 Å². The summed E-state index contributed by atoms with van der Waals surface area (Å²) in [6.45, 7) is 1.68. The van der Waals surface area contributed by atoms with Crippen LogP contribution in [0, 0.1) is 17.8 Å². The van der Waals surface area contributed by atoms with Crippen LogP contribution in [0.4, 0.5) is 0 Å². The molecule has 3 aliphatic rings. The molecule has 1 aromatic heterocycles. The van der Waals surface area contributed by atoms with Crippen LogP contribution in [0.25, 0.3) is 10.9 Å². The molecule has 6 atom stereocenters. The zero-order chi connectivity index (χ0) is 33.1. The normalized spacial score (nSPS) is 25.2. The Kier molecular flexibility index (Phi) is 10.5. The van der Waals surface area contributed by atoms with Crippen LogP contribution in [0.1, 0.15) is 40.5 Å². The van der Waals surface area contributed by atoms with E-state index in [0.29, 0.717) is 34.2 Å². The van der Waals surface area contributed by atoms with Crippen LogP contribution in [-0.4, -0.2) is 105 Å². The molecule has 0 amide bonds. The van der Waals surface area contributed by atoms with E-state index in [0.717, 1.165) is 37.2 Å². The molecule has 1 aliphatic carbocycles. The van der Waals surface area contributed by atoms with Crippen molar-refractivity contribution in [3.05, 3.63) is 47.2 Å². The lowest BCUT2D eigenvalue weighted by Gasteiger charge is -2.52. The van der Waals surface area contributed by atoms with Gasteiger partial charge in [-0.25, -0.2) is 4.79 Å². The number of carbonyl (C=O) groups is 2. The van der Waals surface area contributed by atoms with Crippen LogP contribution in [0.15, 0.2) is 30.3 Å². The summed E-state index contributed by atoms with van der Waals surface area (Å²) < 4.78 is 39.1. The van der Waals surface area contributed by atoms with Crippen LogP contribution in [0.5, 0.6) is 23.0 Å². The molecule has 2 aromatic carbocycles. The average molecular weight is 657 g/mol. The highest BCUT2D eigenvalue weighted by Crippen LogP contribution is 2.51. The van der Waals surface area contributed by atoms with Gasteiger partial charge in [0.15, 0.2) is 11.5 Å². The Morgan fingerprint density at radius 1 is 0.935 bits per heavy atom. The van der Waals surface area contributed by atoms with Crippen LogP contribution in [-0.2, 0) is 25.4 Å². The fraction of sp³-hybridized carbons (Fsp3) is 0.515. The average Bonchev–Trinajstić information content (AvgIpc) is 3.48. The van der Waals surface area contributed by atoms with E-state index >= 15 is 0 Å². The predicted molar refractivity (Wildman–Crippen MR) is 173 cm³/mol. The number of fused-ring (bicyclic) bond motifs is 6. The Morgan fingerprint density at radius 2 is 1.65 bits per heavy atom. The summed E-state index contributed by atoms with van der Waals surface area (Å²) in [5.74, 6) is 0.441. The van der Waals surface area contributed by atoms with E-state index in [1.807, 2.05) is 12.1 Å². The zero-order valence-corrected chi connectivity index (χ0v) is 29.5. The maximum atomic E-state index is 13.5. The van der Waals surface area contributed by atoms with Gasteiger partial charge in [-0.2, -0.15) is 0 Å². The number of piperidine rings is 1. The number of hydrogen-bond donors (Lipinski definition) is 2. The van der Waals surface area contributed by atoms with Gasteiger partial charge >= 0.3 is 11.9 Å². The largest absolute Gasteiger partial charge is 0.497 e. The number of nitrogens with one attached hydrogen (secondary N) is 1. The quantitative estimate of drug-likeness (QED) is 0.273. The van der Waals surface area contributed by atoms with Crippen molar-refractivity contribution in [3.8, 4) is 23.0 Å². The van der Waals surface area contributed by atoms with Crippen molar-refractivity contribution >= 4 is 33.3 Å². The van der Waals surface area contributed by atoms with E-state index in [-0.39, 0.29) is 29.4 Å². The van der Waals surface area contributed by atoms with Gasteiger partial charge in [0.1, 0.15) is 28.4 Å². The molecular formula is C33H44N2O10Si. The number of esters is 2. The third-order valence-corrected chi connectivity index (χ3v) is 9.76. The number of hydrogen-bond acceptors (Lipinski definition) is 11. The first kappa shape index (κ1) is 33.6. The molecule has 1 saturated carbocycles. The maximum Gasteiger partial charge on any atom is 0.338 e. The molecule has 2 fully saturated rings. The molecule has 0 spiro atoms. The monoisotopic (exact) mass is 656 g/mol. The number of aromatic nitrogens is 1. The lowest BCUT2D eigenvalue weighted by Crippen LogP contribution is -2.58. The number of ether oxygens (including phenoxy) is 7. The van der Waals surface area contributed by atoms with Crippen molar-refractivity contribution in [2.75, 3.05) is 55.7 Å². The molecule has 3 heterocycles. The molecule has 46 heavy (non-hydrogen) atoms. The van der Waals surface area contributed by atoms with Crippen molar-refractivity contribution < 1.29 is 47.5 Å². The van der Waals surface area contributed by atoms with Gasteiger partial charge < -0.3 is 42.9 Å². The molecule has 13 heteroatoms. The first-order valence-electron chi connectivity index (χ1n) is 15.3. The van der Waals surface area contributed by atoms with E-state index in [9.17, 15) is 9.59 Å². The fourth-order valence-corrected chi connectivity index (χ4v) is 7.76. The zero-order valence-electron chi connectivity index (χ0n) is 27.5. The second-order valence-corrected chi connectivity index (χ2v) is 11.7. The lowest BCUT2D eigenvalue weighted by atomic mass is 9.63. The van der Waals surface area contributed by atoms with Crippen molar-refractivity contribution in [2.24, 2.45) is 17.8 Å². The van der Waals surface area contributed by atoms with E-state index in [1.54, 1.807) is 26.4 Å². The Hall–Kier alpha value is -3.78. The summed E-state index contributed by atoms with van der Waals surface area (Å²) in [4.78, 5) is 40.3. The highest BCUT2D eigenvalue weighted by atomic mass is 28.2.